The van der Waals surface area contributed by atoms with Crippen molar-refractivity contribution < 1.29 is 19.2 Å². The Bertz CT molecular complexity index is 436. The number of carboxylic acid groups (broad SMARTS) is 1. The third-order valence-corrected chi connectivity index (χ3v) is 2.95. The maximum absolute atomic E-state index is 13.7. The highest BCUT2D eigenvalue weighted by Crippen LogP contribution is 2.16. The molecule has 1 aromatic rings. The minimum Gasteiger partial charge on any atom is -0.481 e. The van der Waals surface area contributed by atoms with Crippen LogP contribution in [-0.2, 0) is 16.1 Å². The zero-order valence-corrected chi connectivity index (χ0v) is 11.0. The van der Waals surface area contributed by atoms with E-state index in [2.05, 4.69) is 0 Å². The van der Waals surface area contributed by atoms with Crippen LogP contribution in [0.3, 0.4) is 0 Å². The number of aliphatic carboxylic acids is 1. The molecule has 0 bridgehead atoms. The first-order valence-corrected chi connectivity index (χ1v) is 6.15. The molecule has 0 fully saturated rings. The number of hydrogen-bond donors (Lipinski definition) is 1. The normalized spacial score (nSPS) is 13.6. The van der Waals surface area contributed by atoms with Gasteiger partial charge in [0.1, 0.15) is 0 Å². The lowest BCUT2D eigenvalue weighted by molar-refractivity contribution is -0.153. The van der Waals surface area contributed by atoms with E-state index in [9.17, 15) is 14.1 Å². The van der Waals surface area contributed by atoms with Gasteiger partial charge in [0.25, 0.3) is 5.91 Å². The Kier molecular flexibility index (Phi) is 5.48. The van der Waals surface area contributed by atoms with Crippen LogP contribution < -0.4 is 0 Å². The maximum Gasteiger partial charge on any atom is 0.306 e. The van der Waals surface area contributed by atoms with E-state index in [1.807, 2.05) is 6.07 Å². The van der Waals surface area contributed by atoms with Crippen molar-refractivity contribution in [3.8, 4) is 0 Å². The topological polar surface area (TPSA) is 57.6 Å². The van der Waals surface area contributed by atoms with Gasteiger partial charge in [0.15, 0.2) is 0 Å². The van der Waals surface area contributed by atoms with Gasteiger partial charge in [0, 0.05) is 5.92 Å². The average Bonchev–Trinajstić information content (AvgIpc) is 2.38. The molecule has 4 nitrogen and oxygen atoms in total. The summed E-state index contributed by atoms with van der Waals surface area (Å²) in [5.74, 6) is -2.98. The smallest absolute Gasteiger partial charge is 0.306 e. The third kappa shape index (κ3) is 4.69. The minimum absolute atomic E-state index is 0.120. The summed E-state index contributed by atoms with van der Waals surface area (Å²) < 4.78 is 13.7. The SMILES string of the molecule is CC(CC(C)C(=O)N(F)Cc1ccccc1)C(=O)O. The molecule has 5 heteroatoms. The number of hydrogen-bond acceptors (Lipinski definition) is 2. The summed E-state index contributed by atoms with van der Waals surface area (Å²) in [5.41, 5.74) is 0.692. The second-order valence-corrected chi connectivity index (χ2v) is 4.72. The first-order valence-electron chi connectivity index (χ1n) is 6.15. The molecule has 0 aromatic heterocycles. The van der Waals surface area contributed by atoms with E-state index in [0.717, 1.165) is 0 Å². The number of carbonyl (C=O) groups excluding carboxylic acids is 1. The van der Waals surface area contributed by atoms with E-state index < -0.39 is 23.7 Å². The van der Waals surface area contributed by atoms with Gasteiger partial charge in [-0.25, -0.2) is 0 Å². The molecule has 2 unspecified atom stereocenters. The molecule has 0 aliphatic carbocycles. The number of amides is 1. The van der Waals surface area contributed by atoms with Gasteiger partial charge >= 0.3 is 5.97 Å². The molecule has 2 atom stereocenters. The Labute approximate surface area is 111 Å². The summed E-state index contributed by atoms with van der Waals surface area (Å²) >= 11 is 0. The highest BCUT2D eigenvalue weighted by atomic mass is 19.2. The predicted octanol–water partition coefficient (Wildman–Crippen LogP) is 2.65. The Morgan fingerprint density at radius 1 is 1.21 bits per heavy atom. The second kappa shape index (κ2) is 6.87. The summed E-state index contributed by atoms with van der Waals surface area (Å²) in [4.78, 5) is 22.5. The predicted molar refractivity (Wildman–Crippen MR) is 68.7 cm³/mol. The summed E-state index contributed by atoms with van der Waals surface area (Å²) in [6.45, 7) is 2.93. The number of nitrogens with zero attached hydrogens (tertiary/aromatic N) is 1. The zero-order valence-electron chi connectivity index (χ0n) is 11.0. The monoisotopic (exact) mass is 267 g/mol. The highest BCUT2D eigenvalue weighted by Gasteiger charge is 2.24. The van der Waals surface area contributed by atoms with Crippen LogP contribution in [0.4, 0.5) is 4.48 Å². The van der Waals surface area contributed by atoms with Crippen LogP contribution in [0.2, 0.25) is 0 Å². The fourth-order valence-electron chi connectivity index (χ4n) is 1.79. The fraction of sp³-hybridized carbons (Fsp3) is 0.429. The van der Waals surface area contributed by atoms with Crippen molar-refractivity contribution in [1.82, 2.24) is 5.12 Å². The first-order chi connectivity index (χ1) is 8.91. The summed E-state index contributed by atoms with van der Waals surface area (Å²) in [6.07, 6.45) is 0.128. The Balaban J connectivity index is 2.54. The van der Waals surface area contributed by atoms with Crippen molar-refractivity contribution in [2.45, 2.75) is 26.8 Å². The number of benzene rings is 1. The van der Waals surface area contributed by atoms with Crippen LogP contribution in [0, 0.1) is 11.8 Å². The van der Waals surface area contributed by atoms with Crippen LogP contribution in [0.1, 0.15) is 25.8 Å². The van der Waals surface area contributed by atoms with Gasteiger partial charge in [-0.2, -0.15) is 5.12 Å². The summed E-state index contributed by atoms with van der Waals surface area (Å²) in [6, 6.07) is 8.80. The molecule has 0 spiro atoms. The van der Waals surface area contributed by atoms with Gasteiger partial charge < -0.3 is 5.11 Å². The molecular formula is C14H18FNO3. The Morgan fingerprint density at radius 3 is 2.32 bits per heavy atom. The minimum atomic E-state index is -0.979. The van der Waals surface area contributed by atoms with E-state index >= 15 is 0 Å². The van der Waals surface area contributed by atoms with Gasteiger partial charge in [-0.1, -0.05) is 48.7 Å². The lowest BCUT2D eigenvalue weighted by Crippen LogP contribution is -2.30. The van der Waals surface area contributed by atoms with Crippen LogP contribution in [-0.4, -0.2) is 22.1 Å². The quantitative estimate of drug-likeness (QED) is 0.806. The standard InChI is InChI=1S/C14H18FNO3/c1-10(8-11(2)14(18)19)13(17)16(15)9-12-6-4-3-5-7-12/h3-7,10-11H,8-9H2,1-2H3,(H,18,19). The van der Waals surface area contributed by atoms with Gasteiger partial charge in [-0.15, -0.1) is 0 Å². The number of carbonyl (C=O) groups is 2. The lowest BCUT2D eigenvalue weighted by atomic mass is 9.96. The maximum atomic E-state index is 13.7. The molecule has 1 aromatic carbocycles. The molecule has 0 aliphatic heterocycles. The average molecular weight is 267 g/mol. The van der Waals surface area contributed by atoms with Crippen LogP contribution in [0.25, 0.3) is 0 Å². The Morgan fingerprint density at radius 2 is 1.79 bits per heavy atom. The molecule has 0 heterocycles. The molecule has 0 saturated carbocycles. The fourth-order valence-corrected chi connectivity index (χ4v) is 1.79. The molecular weight excluding hydrogens is 249 g/mol. The molecule has 19 heavy (non-hydrogen) atoms. The highest BCUT2D eigenvalue weighted by molar-refractivity contribution is 5.78. The van der Waals surface area contributed by atoms with E-state index in [1.165, 1.54) is 6.92 Å². The summed E-state index contributed by atoms with van der Waals surface area (Å²) in [5, 5.41) is 8.92. The van der Waals surface area contributed by atoms with Gasteiger partial charge in [-0.05, 0) is 12.0 Å². The molecule has 0 saturated heterocycles. The van der Waals surface area contributed by atoms with Gasteiger partial charge in [0.2, 0.25) is 0 Å². The van der Waals surface area contributed by atoms with E-state index in [4.69, 9.17) is 5.11 Å². The molecule has 104 valence electrons. The van der Waals surface area contributed by atoms with Crippen LogP contribution in [0.15, 0.2) is 30.3 Å². The van der Waals surface area contributed by atoms with E-state index in [1.54, 1.807) is 31.2 Å². The molecule has 0 aliphatic rings. The molecule has 1 N–H and O–H groups in total. The third-order valence-electron chi connectivity index (χ3n) is 2.95. The van der Waals surface area contributed by atoms with Gasteiger partial charge in [0.05, 0.1) is 12.5 Å². The summed E-state index contributed by atoms with van der Waals surface area (Å²) in [7, 11) is 0. The second-order valence-electron chi connectivity index (χ2n) is 4.72. The van der Waals surface area contributed by atoms with Crippen LogP contribution in [0.5, 0.6) is 0 Å². The largest absolute Gasteiger partial charge is 0.481 e. The lowest BCUT2D eigenvalue weighted by Gasteiger charge is -2.18. The molecule has 1 amide bonds. The van der Waals surface area contributed by atoms with Crippen molar-refractivity contribution in [3.05, 3.63) is 35.9 Å². The van der Waals surface area contributed by atoms with Crippen molar-refractivity contribution in [2.24, 2.45) is 11.8 Å². The van der Waals surface area contributed by atoms with Crippen molar-refractivity contribution in [1.29, 1.82) is 0 Å². The van der Waals surface area contributed by atoms with Crippen molar-refractivity contribution in [2.75, 3.05) is 0 Å². The molecule has 0 radical (unpaired) electrons. The van der Waals surface area contributed by atoms with Crippen LogP contribution >= 0.6 is 0 Å². The van der Waals surface area contributed by atoms with Crippen molar-refractivity contribution in [3.63, 3.8) is 0 Å². The number of rotatable bonds is 6. The Hall–Kier alpha value is -1.91. The van der Waals surface area contributed by atoms with Crippen molar-refractivity contribution >= 4 is 11.9 Å². The van der Waals surface area contributed by atoms with E-state index in [-0.39, 0.29) is 18.1 Å². The molecule has 1 rings (SSSR count). The van der Waals surface area contributed by atoms with Gasteiger partial charge in [-0.3, -0.25) is 9.59 Å². The number of carboxylic acids is 1. The zero-order chi connectivity index (χ0) is 14.4. The number of halogens is 1. The first kappa shape index (κ1) is 15.1. The van der Waals surface area contributed by atoms with E-state index in [0.29, 0.717) is 5.56 Å².